The molecule has 2 aromatic rings. The van der Waals surface area contributed by atoms with E-state index in [1.807, 2.05) is 0 Å². The first-order valence-electron chi connectivity index (χ1n) is 7.26. The molecular formula is C18H22INO. The molecule has 3 heteroatoms. The lowest BCUT2D eigenvalue weighted by molar-refractivity contribution is 0.405. The van der Waals surface area contributed by atoms with Crippen LogP contribution in [0.1, 0.15) is 29.7 Å². The number of aryl methyl sites for hydroxylation is 1. The lowest BCUT2D eigenvalue weighted by Gasteiger charge is -2.20. The number of likely N-dealkylation sites (N-methyl/N-ethyl adjacent to an activating group) is 1. The highest BCUT2D eigenvalue weighted by Crippen LogP contribution is 2.26. The predicted molar refractivity (Wildman–Crippen MR) is 97.0 cm³/mol. The van der Waals surface area contributed by atoms with E-state index in [9.17, 15) is 0 Å². The van der Waals surface area contributed by atoms with Crippen molar-refractivity contribution in [1.82, 2.24) is 5.32 Å². The highest BCUT2D eigenvalue weighted by Gasteiger charge is 2.14. The van der Waals surface area contributed by atoms with Gasteiger partial charge < -0.3 is 10.1 Å². The van der Waals surface area contributed by atoms with Crippen LogP contribution in [0.3, 0.4) is 0 Å². The van der Waals surface area contributed by atoms with Crippen molar-refractivity contribution in [3.8, 4) is 5.75 Å². The summed E-state index contributed by atoms with van der Waals surface area (Å²) < 4.78 is 6.78. The first kappa shape index (κ1) is 16.3. The van der Waals surface area contributed by atoms with Crippen LogP contribution in [0.4, 0.5) is 0 Å². The summed E-state index contributed by atoms with van der Waals surface area (Å²) in [6, 6.07) is 15.4. The molecule has 112 valence electrons. The molecule has 0 aliphatic rings. The molecular weight excluding hydrogens is 373 g/mol. The average molecular weight is 395 g/mol. The van der Waals surface area contributed by atoms with Crippen molar-refractivity contribution in [2.75, 3.05) is 13.7 Å². The molecule has 0 radical (unpaired) electrons. The van der Waals surface area contributed by atoms with E-state index < -0.39 is 0 Å². The van der Waals surface area contributed by atoms with Gasteiger partial charge in [0.15, 0.2) is 0 Å². The zero-order valence-electron chi connectivity index (χ0n) is 12.8. The molecule has 1 atom stereocenters. The van der Waals surface area contributed by atoms with Gasteiger partial charge in [0.25, 0.3) is 0 Å². The van der Waals surface area contributed by atoms with Gasteiger partial charge in [0, 0.05) is 9.61 Å². The summed E-state index contributed by atoms with van der Waals surface area (Å²) in [5.74, 6) is 0.967. The lowest BCUT2D eigenvalue weighted by atomic mass is 9.97. The largest absolute Gasteiger partial charge is 0.496 e. The molecule has 21 heavy (non-hydrogen) atoms. The molecule has 0 saturated heterocycles. The molecule has 0 aliphatic carbocycles. The van der Waals surface area contributed by atoms with E-state index in [1.54, 1.807) is 7.11 Å². The van der Waals surface area contributed by atoms with Gasteiger partial charge in [-0.25, -0.2) is 0 Å². The fourth-order valence-corrected chi connectivity index (χ4v) is 3.13. The van der Waals surface area contributed by atoms with Crippen molar-refractivity contribution in [3.63, 3.8) is 0 Å². The molecule has 1 unspecified atom stereocenters. The molecule has 0 bridgehead atoms. The zero-order chi connectivity index (χ0) is 15.2. The number of hydrogen-bond acceptors (Lipinski definition) is 2. The molecule has 2 nitrogen and oxygen atoms in total. The normalized spacial score (nSPS) is 12.2. The molecule has 0 heterocycles. The van der Waals surface area contributed by atoms with Gasteiger partial charge >= 0.3 is 0 Å². The molecule has 1 N–H and O–H groups in total. The lowest BCUT2D eigenvalue weighted by Crippen LogP contribution is -2.23. The van der Waals surface area contributed by atoms with Crippen LogP contribution in [0.15, 0.2) is 42.5 Å². The Hall–Kier alpha value is -1.07. The molecule has 0 spiro atoms. The van der Waals surface area contributed by atoms with Crippen LogP contribution < -0.4 is 10.1 Å². The van der Waals surface area contributed by atoms with Crippen LogP contribution >= 0.6 is 22.6 Å². The first-order chi connectivity index (χ1) is 10.1. The second kappa shape index (κ2) is 7.80. The Bertz CT molecular complexity index is 598. The van der Waals surface area contributed by atoms with Crippen molar-refractivity contribution in [2.45, 2.75) is 26.3 Å². The van der Waals surface area contributed by atoms with Gasteiger partial charge in [-0.05, 0) is 71.8 Å². The van der Waals surface area contributed by atoms with E-state index >= 15 is 0 Å². The molecule has 0 amide bonds. The Morgan fingerprint density at radius 3 is 2.67 bits per heavy atom. The summed E-state index contributed by atoms with van der Waals surface area (Å²) in [6.07, 6.45) is 0.929. The Kier molecular flexibility index (Phi) is 6.06. The van der Waals surface area contributed by atoms with Gasteiger partial charge in [-0.2, -0.15) is 0 Å². The van der Waals surface area contributed by atoms with Gasteiger partial charge in [0.2, 0.25) is 0 Å². The summed E-state index contributed by atoms with van der Waals surface area (Å²) in [5, 5.41) is 3.59. The maximum atomic E-state index is 5.51. The van der Waals surface area contributed by atoms with Gasteiger partial charge in [0.1, 0.15) is 5.75 Å². The van der Waals surface area contributed by atoms with Gasteiger partial charge in [-0.15, -0.1) is 0 Å². The SMILES string of the molecule is CCNC(Cc1cc(C)ccc1OC)c1cccc(I)c1. The third-order valence-electron chi connectivity index (χ3n) is 3.56. The van der Waals surface area contributed by atoms with E-state index in [4.69, 9.17) is 4.74 Å². The van der Waals surface area contributed by atoms with Crippen LogP contribution in [-0.2, 0) is 6.42 Å². The van der Waals surface area contributed by atoms with Gasteiger partial charge in [0.05, 0.1) is 7.11 Å². The fraction of sp³-hybridized carbons (Fsp3) is 0.333. The van der Waals surface area contributed by atoms with Crippen molar-refractivity contribution >= 4 is 22.6 Å². The smallest absolute Gasteiger partial charge is 0.122 e. The van der Waals surface area contributed by atoms with Crippen LogP contribution in [0.25, 0.3) is 0 Å². The van der Waals surface area contributed by atoms with Crippen LogP contribution in [0.5, 0.6) is 5.75 Å². The van der Waals surface area contributed by atoms with Crippen LogP contribution in [0, 0.1) is 10.5 Å². The Labute approximate surface area is 141 Å². The number of methoxy groups -OCH3 is 1. The summed E-state index contributed by atoms with van der Waals surface area (Å²) >= 11 is 2.37. The Morgan fingerprint density at radius 2 is 2.00 bits per heavy atom. The third-order valence-corrected chi connectivity index (χ3v) is 4.23. The van der Waals surface area contributed by atoms with E-state index in [0.717, 1.165) is 18.7 Å². The van der Waals surface area contributed by atoms with E-state index in [2.05, 4.69) is 84.2 Å². The number of hydrogen-bond donors (Lipinski definition) is 1. The predicted octanol–water partition coefficient (Wildman–Crippen LogP) is 4.50. The maximum Gasteiger partial charge on any atom is 0.122 e. The van der Waals surface area contributed by atoms with Crippen molar-refractivity contribution in [1.29, 1.82) is 0 Å². The number of halogens is 1. The van der Waals surface area contributed by atoms with E-state index in [0.29, 0.717) is 6.04 Å². The molecule has 0 aromatic heterocycles. The molecule has 2 aromatic carbocycles. The molecule has 2 rings (SSSR count). The second-order valence-electron chi connectivity index (χ2n) is 5.18. The summed E-state index contributed by atoms with van der Waals surface area (Å²) in [5.41, 5.74) is 3.85. The summed E-state index contributed by atoms with van der Waals surface area (Å²) in [7, 11) is 1.74. The summed E-state index contributed by atoms with van der Waals surface area (Å²) in [6.45, 7) is 5.22. The fourth-order valence-electron chi connectivity index (χ4n) is 2.56. The first-order valence-corrected chi connectivity index (χ1v) is 8.34. The highest BCUT2D eigenvalue weighted by molar-refractivity contribution is 14.1. The number of ether oxygens (including phenoxy) is 1. The van der Waals surface area contributed by atoms with E-state index in [-0.39, 0.29) is 0 Å². The molecule has 0 aliphatic heterocycles. The number of rotatable bonds is 6. The minimum absolute atomic E-state index is 0.306. The van der Waals surface area contributed by atoms with E-state index in [1.165, 1.54) is 20.3 Å². The minimum atomic E-state index is 0.306. The monoisotopic (exact) mass is 395 g/mol. The quantitative estimate of drug-likeness (QED) is 0.728. The van der Waals surface area contributed by atoms with Gasteiger partial charge in [-0.1, -0.05) is 36.8 Å². The third kappa shape index (κ3) is 4.45. The van der Waals surface area contributed by atoms with Crippen LogP contribution in [0.2, 0.25) is 0 Å². The van der Waals surface area contributed by atoms with Crippen LogP contribution in [-0.4, -0.2) is 13.7 Å². The second-order valence-corrected chi connectivity index (χ2v) is 6.43. The average Bonchev–Trinajstić information content (AvgIpc) is 2.47. The number of nitrogens with one attached hydrogen (secondary N) is 1. The Morgan fingerprint density at radius 1 is 1.19 bits per heavy atom. The zero-order valence-corrected chi connectivity index (χ0v) is 15.0. The van der Waals surface area contributed by atoms with Gasteiger partial charge in [-0.3, -0.25) is 0 Å². The summed E-state index contributed by atoms with van der Waals surface area (Å²) in [4.78, 5) is 0. The van der Waals surface area contributed by atoms with Crippen molar-refractivity contribution in [2.24, 2.45) is 0 Å². The number of benzene rings is 2. The Balaban J connectivity index is 2.30. The van der Waals surface area contributed by atoms with Crippen molar-refractivity contribution < 1.29 is 4.74 Å². The highest BCUT2D eigenvalue weighted by atomic mass is 127. The minimum Gasteiger partial charge on any atom is -0.496 e. The topological polar surface area (TPSA) is 21.3 Å². The molecule has 0 fully saturated rings. The maximum absolute atomic E-state index is 5.51. The molecule has 0 saturated carbocycles. The van der Waals surface area contributed by atoms with Crippen molar-refractivity contribution in [3.05, 3.63) is 62.7 Å². The standard InChI is InChI=1S/C18H22INO/c1-4-20-17(14-6-5-7-16(19)11-14)12-15-10-13(2)8-9-18(15)21-3/h5-11,17,20H,4,12H2,1-3H3.